The second-order valence-corrected chi connectivity index (χ2v) is 4.40. The number of carboxylic acids is 1. The van der Waals surface area contributed by atoms with Gasteiger partial charge in [0.1, 0.15) is 6.04 Å². The molecular formula is C14H15N3O3. The zero-order chi connectivity index (χ0) is 14.4. The van der Waals surface area contributed by atoms with Crippen molar-refractivity contribution in [3.8, 4) is 0 Å². The van der Waals surface area contributed by atoms with E-state index in [1.165, 1.54) is 6.33 Å². The Bertz CT molecular complexity index is 567. The molecule has 6 nitrogen and oxygen atoms in total. The number of hydrogen-bond acceptors (Lipinski definition) is 3. The number of benzene rings is 1. The molecule has 104 valence electrons. The number of aromatic amines is 1. The third-order valence-corrected chi connectivity index (χ3v) is 2.82. The van der Waals surface area contributed by atoms with E-state index < -0.39 is 12.0 Å². The van der Waals surface area contributed by atoms with Crippen molar-refractivity contribution < 1.29 is 14.7 Å². The largest absolute Gasteiger partial charge is 0.480 e. The van der Waals surface area contributed by atoms with Crippen molar-refractivity contribution in [2.24, 2.45) is 0 Å². The minimum Gasteiger partial charge on any atom is -0.480 e. The number of amides is 1. The molecule has 0 aliphatic heterocycles. The molecule has 6 heteroatoms. The molecule has 0 saturated carbocycles. The van der Waals surface area contributed by atoms with Crippen molar-refractivity contribution in [2.75, 3.05) is 0 Å². The zero-order valence-electron chi connectivity index (χ0n) is 10.7. The van der Waals surface area contributed by atoms with E-state index in [4.69, 9.17) is 5.11 Å². The highest BCUT2D eigenvalue weighted by atomic mass is 16.4. The Morgan fingerprint density at radius 3 is 2.65 bits per heavy atom. The average molecular weight is 273 g/mol. The van der Waals surface area contributed by atoms with E-state index in [2.05, 4.69) is 15.3 Å². The van der Waals surface area contributed by atoms with E-state index in [1.54, 1.807) is 6.20 Å². The van der Waals surface area contributed by atoms with Crippen LogP contribution in [0.3, 0.4) is 0 Å². The fraction of sp³-hybridized carbons (Fsp3) is 0.214. The molecule has 0 spiro atoms. The Kier molecular flexibility index (Phi) is 4.49. The van der Waals surface area contributed by atoms with Crippen LogP contribution < -0.4 is 5.32 Å². The van der Waals surface area contributed by atoms with Crippen LogP contribution >= 0.6 is 0 Å². The number of nitrogens with zero attached hydrogens (tertiary/aromatic N) is 1. The van der Waals surface area contributed by atoms with Crippen LogP contribution in [0.5, 0.6) is 0 Å². The molecule has 0 aliphatic carbocycles. The summed E-state index contributed by atoms with van der Waals surface area (Å²) in [5.41, 5.74) is 1.51. The van der Waals surface area contributed by atoms with Gasteiger partial charge in [-0.25, -0.2) is 9.78 Å². The van der Waals surface area contributed by atoms with Crippen LogP contribution in [0.2, 0.25) is 0 Å². The molecule has 0 unspecified atom stereocenters. The van der Waals surface area contributed by atoms with Crippen molar-refractivity contribution in [1.82, 2.24) is 15.3 Å². The summed E-state index contributed by atoms with van der Waals surface area (Å²) in [7, 11) is 0. The molecule has 2 aromatic rings. The summed E-state index contributed by atoms with van der Waals surface area (Å²) < 4.78 is 0. The Balaban J connectivity index is 1.94. The number of nitrogens with one attached hydrogen (secondary N) is 2. The van der Waals surface area contributed by atoms with Crippen LogP contribution in [-0.4, -0.2) is 33.0 Å². The summed E-state index contributed by atoms with van der Waals surface area (Å²) in [6, 6.07) is 8.21. The standard InChI is InChI=1S/C14H15N3O3/c18-13(6-10-4-2-1-3-5-10)17-12(14(19)20)7-11-8-15-9-16-11/h1-5,8-9,12H,6-7H2,(H,15,16)(H,17,18)(H,19,20)/t12-/m0/s1. The molecule has 1 atom stereocenters. The number of carbonyl (C=O) groups is 2. The third-order valence-electron chi connectivity index (χ3n) is 2.82. The molecule has 1 heterocycles. The van der Waals surface area contributed by atoms with E-state index in [0.29, 0.717) is 5.69 Å². The highest BCUT2D eigenvalue weighted by Gasteiger charge is 2.20. The Morgan fingerprint density at radius 1 is 1.30 bits per heavy atom. The molecule has 1 aromatic heterocycles. The predicted octanol–water partition coefficient (Wildman–Crippen LogP) is 0.764. The van der Waals surface area contributed by atoms with Crippen molar-refractivity contribution in [2.45, 2.75) is 18.9 Å². The summed E-state index contributed by atoms with van der Waals surface area (Å²) >= 11 is 0. The minimum atomic E-state index is -1.07. The SMILES string of the molecule is O=C(Cc1ccccc1)N[C@@H](Cc1cnc[nH]1)C(=O)O. The van der Waals surface area contributed by atoms with E-state index in [0.717, 1.165) is 5.56 Å². The first kappa shape index (κ1) is 13.8. The summed E-state index contributed by atoms with van der Waals surface area (Å²) in [4.78, 5) is 29.7. The molecule has 1 aromatic carbocycles. The number of carboxylic acid groups (broad SMARTS) is 1. The van der Waals surface area contributed by atoms with Crippen LogP contribution in [0, 0.1) is 0 Å². The molecule has 20 heavy (non-hydrogen) atoms. The number of rotatable bonds is 6. The average Bonchev–Trinajstić information content (AvgIpc) is 2.92. The first-order valence-electron chi connectivity index (χ1n) is 6.18. The molecule has 0 bridgehead atoms. The first-order chi connectivity index (χ1) is 9.65. The lowest BCUT2D eigenvalue weighted by molar-refractivity contribution is -0.141. The topological polar surface area (TPSA) is 95.1 Å². The van der Waals surface area contributed by atoms with Gasteiger partial charge in [0, 0.05) is 18.3 Å². The van der Waals surface area contributed by atoms with E-state index in [-0.39, 0.29) is 18.7 Å². The van der Waals surface area contributed by atoms with Gasteiger partial charge in [0.15, 0.2) is 0 Å². The van der Waals surface area contributed by atoms with Crippen LogP contribution in [-0.2, 0) is 22.4 Å². The van der Waals surface area contributed by atoms with Gasteiger partial charge in [0.05, 0.1) is 12.7 Å². The van der Waals surface area contributed by atoms with Gasteiger partial charge in [-0.05, 0) is 5.56 Å². The van der Waals surface area contributed by atoms with Crippen molar-refractivity contribution in [1.29, 1.82) is 0 Å². The number of carbonyl (C=O) groups excluding carboxylic acids is 1. The highest BCUT2D eigenvalue weighted by Crippen LogP contribution is 2.02. The molecule has 1 amide bonds. The van der Waals surface area contributed by atoms with Gasteiger partial charge in [-0.15, -0.1) is 0 Å². The number of hydrogen-bond donors (Lipinski definition) is 3. The number of H-pyrrole nitrogens is 1. The molecular weight excluding hydrogens is 258 g/mol. The summed E-state index contributed by atoms with van der Waals surface area (Å²) in [5, 5.41) is 11.7. The lowest BCUT2D eigenvalue weighted by atomic mass is 10.1. The second-order valence-electron chi connectivity index (χ2n) is 4.40. The minimum absolute atomic E-state index is 0.160. The maximum atomic E-state index is 11.9. The van der Waals surface area contributed by atoms with E-state index in [1.807, 2.05) is 30.3 Å². The molecule has 0 fully saturated rings. The molecule has 2 rings (SSSR count). The van der Waals surface area contributed by atoms with Crippen molar-refractivity contribution >= 4 is 11.9 Å². The lowest BCUT2D eigenvalue weighted by Crippen LogP contribution is -2.43. The van der Waals surface area contributed by atoms with Crippen LogP contribution in [0.1, 0.15) is 11.3 Å². The smallest absolute Gasteiger partial charge is 0.326 e. The van der Waals surface area contributed by atoms with E-state index >= 15 is 0 Å². The Morgan fingerprint density at radius 2 is 2.05 bits per heavy atom. The molecule has 3 N–H and O–H groups in total. The van der Waals surface area contributed by atoms with Gasteiger partial charge in [0.2, 0.25) is 5.91 Å². The Labute approximate surface area is 115 Å². The third kappa shape index (κ3) is 3.94. The van der Waals surface area contributed by atoms with Crippen molar-refractivity contribution in [3.05, 3.63) is 54.1 Å². The molecule has 0 aliphatic rings. The van der Waals surface area contributed by atoms with Crippen molar-refractivity contribution in [3.63, 3.8) is 0 Å². The van der Waals surface area contributed by atoms with Crippen LogP contribution in [0.4, 0.5) is 0 Å². The van der Waals surface area contributed by atoms with Gasteiger partial charge in [-0.3, -0.25) is 4.79 Å². The highest BCUT2D eigenvalue weighted by molar-refractivity contribution is 5.85. The second kappa shape index (κ2) is 6.51. The van der Waals surface area contributed by atoms with Crippen LogP contribution in [0.15, 0.2) is 42.9 Å². The maximum absolute atomic E-state index is 11.9. The fourth-order valence-corrected chi connectivity index (χ4v) is 1.84. The van der Waals surface area contributed by atoms with Gasteiger partial charge < -0.3 is 15.4 Å². The normalized spacial score (nSPS) is 11.8. The number of aliphatic carboxylic acids is 1. The Hall–Kier alpha value is -2.63. The number of imidazole rings is 1. The summed E-state index contributed by atoms with van der Waals surface area (Å²) in [6.07, 6.45) is 3.35. The predicted molar refractivity (Wildman–Crippen MR) is 72.0 cm³/mol. The van der Waals surface area contributed by atoms with Gasteiger partial charge in [-0.2, -0.15) is 0 Å². The fourth-order valence-electron chi connectivity index (χ4n) is 1.84. The van der Waals surface area contributed by atoms with E-state index in [9.17, 15) is 9.59 Å². The quantitative estimate of drug-likeness (QED) is 0.724. The zero-order valence-corrected chi connectivity index (χ0v) is 10.7. The molecule has 0 saturated heterocycles. The first-order valence-corrected chi connectivity index (χ1v) is 6.18. The lowest BCUT2D eigenvalue weighted by Gasteiger charge is -2.13. The van der Waals surface area contributed by atoms with Gasteiger partial charge >= 0.3 is 5.97 Å². The van der Waals surface area contributed by atoms with Crippen LogP contribution in [0.25, 0.3) is 0 Å². The maximum Gasteiger partial charge on any atom is 0.326 e. The number of aromatic nitrogens is 2. The summed E-state index contributed by atoms with van der Waals surface area (Å²) in [6.45, 7) is 0. The van der Waals surface area contributed by atoms with Gasteiger partial charge in [-0.1, -0.05) is 30.3 Å². The summed E-state index contributed by atoms with van der Waals surface area (Å²) in [5.74, 6) is -1.39. The van der Waals surface area contributed by atoms with Gasteiger partial charge in [0.25, 0.3) is 0 Å². The molecule has 0 radical (unpaired) electrons. The monoisotopic (exact) mass is 273 g/mol.